The second-order valence-electron chi connectivity index (χ2n) is 1.56. The number of nitrogens with zero attached hydrogens (tertiary/aromatic N) is 1. The summed E-state index contributed by atoms with van der Waals surface area (Å²) >= 11 is 6.88. The lowest BCUT2D eigenvalue weighted by atomic mass is 10.5. The Morgan fingerprint density at radius 3 is 3.11 bits per heavy atom. The summed E-state index contributed by atoms with van der Waals surface area (Å²) in [4.78, 5) is 0. The molecule has 0 aliphatic rings. The first-order valence-corrected chi connectivity index (χ1v) is 3.58. The van der Waals surface area contributed by atoms with Gasteiger partial charge in [-0.25, -0.2) is 0 Å². The highest BCUT2D eigenvalue weighted by Crippen LogP contribution is 2.15. The molecule has 0 aliphatic heterocycles. The van der Waals surface area contributed by atoms with Crippen molar-refractivity contribution < 1.29 is 4.74 Å². The Bertz CT molecular complexity index is 189. The zero-order valence-electron chi connectivity index (χ0n) is 4.93. The number of methoxy groups -OCH3 is 1. The SMILES string of the molecule is COCc1cc(Cl)sn1. The molecular weight excluding hydrogens is 158 g/mol. The predicted octanol–water partition coefficient (Wildman–Crippen LogP) is 1.94. The molecule has 0 bridgehead atoms. The van der Waals surface area contributed by atoms with Crippen molar-refractivity contribution in [2.24, 2.45) is 0 Å². The average molecular weight is 164 g/mol. The highest BCUT2D eigenvalue weighted by Gasteiger charge is 1.96. The van der Waals surface area contributed by atoms with Gasteiger partial charge in [0.2, 0.25) is 0 Å². The number of hydrogen-bond donors (Lipinski definition) is 0. The van der Waals surface area contributed by atoms with E-state index in [2.05, 4.69) is 4.37 Å². The van der Waals surface area contributed by atoms with Crippen molar-refractivity contribution in [3.8, 4) is 0 Å². The van der Waals surface area contributed by atoms with Crippen molar-refractivity contribution in [1.29, 1.82) is 0 Å². The molecule has 0 saturated carbocycles. The second-order valence-corrected chi connectivity index (χ2v) is 2.99. The number of hydrogen-bond acceptors (Lipinski definition) is 3. The summed E-state index contributed by atoms with van der Waals surface area (Å²) in [5.41, 5.74) is 0.896. The van der Waals surface area contributed by atoms with E-state index in [9.17, 15) is 0 Å². The third kappa shape index (κ3) is 1.93. The quantitative estimate of drug-likeness (QED) is 0.665. The fraction of sp³-hybridized carbons (Fsp3) is 0.400. The molecule has 2 nitrogen and oxygen atoms in total. The number of ether oxygens (including phenoxy) is 1. The predicted molar refractivity (Wildman–Crippen MR) is 37.8 cm³/mol. The monoisotopic (exact) mass is 163 g/mol. The van der Waals surface area contributed by atoms with Gasteiger partial charge in [-0.2, -0.15) is 4.37 Å². The highest BCUT2D eigenvalue weighted by atomic mass is 35.5. The molecular formula is C5H6ClNOS. The average Bonchev–Trinajstić information content (AvgIpc) is 2.17. The molecule has 1 heterocycles. The van der Waals surface area contributed by atoms with Gasteiger partial charge < -0.3 is 4.74 Å². The summed E-state index contributed by atoms with van der Waals surface area (Å²) < 4.78 is 9.53. The van der Waals surface area contributed by atoms with Crippen LogP contribution >= 0.6 is 23.1 Å². The van der Waals surface area contributed by atoms with E-state index in [1.54, 1.807) is 13.2 Å². The summed E-state index contributed by atoms with van der Waals surface area (Å²) in [6, 6.07) is 1.80. The van der Waals surface area contributed by atoms with Crippen LogP contribution in [0.1, 0.15) is 5.69 Å². The van der Waals surface area contributed by atoms with Gasteiger partial charge in [-0.15, -0.1) is 0 Å². The lowest BCUT2D eigenvalue weighted by Gasteiger charge is -1.87. The van der Waals surface area contributed by atoms with Crippen LogP contribution < -0.4 is 0 Å². The van der Waals surface area contributed by atoms with E-state index >= 15 is 0 Å². The Morgan fingerprint density at radius 2 is 2.67 bits per heavy atom. The zero-order chi connectivity index (χ0) is 6.69. The Labute approximate surface area is 62.6 Å². The third-order valence-corrected chi connectivity index (χ3v) is 1.76. The third-order valence-electron chi connectivity index (χ3n) is 0.822. The molecule has 0 fully saturated rings. The normalized spacial score (nSPS) is 10.0. The topological polar surface area (TPSA) is 22.1 Å². The van der Waals surface area contributed by atoms with Crippen molar-refractivity contribution in [3.05, 3.63) is 16.1 Å². The molecule has 4 heteroatoms. The fourth-order valence-corrected chi connectivity index (χ4v) is 1.23. The lowest BCUT2D eigenvalue weighted by Crippen LogP contribution is -1.84. The molecule has 0 radical (unpaired) electrons. The molecule has 0 aliphatic carbocycles. The van der Waals surface area contributed by atoms with E-state index in [0.717, 1.165) is 5.69 Å². The van der Waals surface area contributed by atoms with E-state index in [4.69, 9.17) is 16.3 Å². The van der Waals surface area contributed by atoms with Crippen LogP contribution in [0.2, 0.25) is 4.34 Å². The lowest BCUT2D eigenvalue weighted by molar-refractivity contribution is 0.182. The maximum Gasteiger partial charge on any atom is 0.114 e. The van der Waals surface area contributed by atoms with E-state index in [1.807, 2.05) is 0 Å². The van der Waals surface area contributed by atoms with Gasteiger partial charge in [0.15, 0.2) is 0 Å². The van der Waals surface area contributed by atoms with Crippen LogP contribution in [0.15, 0.2) is 6.07 Å². The van der Waals surface area contributed by atoms with Gasteiger partial charge >= 0.3 is 0 Å². The number of halogens is 1. The van der Waals surface area contributed by atoms with Crippen molar-refractivity contribution in [2.45, 2.75) is 6.61 Å². The molecule has 50 valence electrons. The molecule has 0 aromatic carbocycles. The van der Waals surface area contributed by atoms with Crippen molar-refractivity contribution in [3.63, 3.8) is 0 Å². The summed E-state index contributed by atoms with van der Waals surface area (Å²) in [6.45, 7) is 0.545. The highest BCUT2D eigenvalue weighted by molar-refractivity contribution is 7.10. The van der Waals surface area contributed by atoms with Crippen molar-refractivity contribution >= 4 is 23.1 Å². The van der Waals surface area contributed by atoms with E-state index in [0.29, 0.717) is 10.9 Å². The molecule has 0 saturated heterocycles. The molecule has 0 N–H and O–H groups in total. The minimum absolute atomic E-state index is 0.545. The van der Waals surface area contributed by atoms with Gasteiger partial charge in [-0.1, -0.05) is 11.6 Å². The van der Waals surface area contributed by atoms with Gasteiger partial charge in [0, 0.05) is 7.11 Å². The van der Waals surface area contributed by atoms with E-state index in [-0.39, 0.29) is 0 Å². The Balaban J connectivity index is 2.61. The maximum absolute atomic E-state index is 5.60. The van der Waals surface area contributed by atoms with Gasteiger partial charge in [-0.05, 0) is 17.6 Å². The van der Waals surface area contributed by atoms with Gasteiger partial charge in [0.25, 0.3) is 0 Å². The number of rotatable bonds is 2. The minimum Gasteiger partial charge on any atom is -0.378 e. The zero-order valence-corrected chi connectivity index (χ0v) is 6.50. The molecule has 0 amide bonds. The van der Waals surface area contributed by atoms with Crippen LogP contribution in [0, 0.1) is 0 Å². The molecule has 0 spiro atoms. The summed E-state index contributed by atoms with van der Waals surface area (Å²) in [7, 11) is 1.63. The maximum atomic E-state index is 5.60. The summed E-state index contributed by atoms with van der Waals surface area (Å²) in [6.07, 6.45) is 0. The van der Waals surface area contributed by atoms with Crippen LogP contribution in [0.3, 0.4) is 0 Å². The largest absolute Gasteiger partial charge is 0.378 e. The van der Waals surface area contributed by atoms with Crippen LogP contribution in [0.5, 0.6) is 0 Å². The summed E-state index contributed by atoms with van der Waals surface area (Å²) in [5.74, 6) is 0. The first kappa shape index (κ1) is 6.99. The Kier molecular flexibility index (Phi) is 2.45. The van der Waals surface area contributed by atoms with Crippen LogP contribution in [0.4, 0.5) is 0 Å². The minimum atomic E-state index is 0.545. The van der Waals surface area contributed by atoms with Crippen molar-refractivity contribution in [1.82, 2.24) is 4.37 Å². The Hall–Kier alpha value is -0.120. The molecule has 1 aromatic rings. The summed E-state index contributed by atoms with van der Waals surface area (Å²) in [5, 5.41) is 0. The molecule has 1 rings (SSSR count). The smallest absolute Gasteiger partial charge is 0.114 e. The van der Waals surface area contributed by atoms with Crippen molar-refractivity contribution in [2.75, 3.05) is 7.11 Å². The molecule has 9 heavy (non-hydrogen) atoms. The van der Waals surface area contributed by atoms with E-state index < -0.39 is 0 Å². The molecule has 1 aromatic heterocycles. The van der Waals surface area contributed by atoms with Gasteiger partial charge in [-0.3, -0.25) is 0 Å². The second kappa shape index (κ2) is 3.15. The molecule has 0 unspecified atom stereocenters. The van der Waals surface area contributed by atoms with Crippen LogP contribution in [-0.4, -0.2) is 11.5 Å². The van der Waals surface area contributed by atoms with Crippen LogP contribution in [-0.2, 0) is 11.3 Å². The van der Waals surface area contributed by atoms with Gasteiger partial charge in [0.05, 0.1) is 12.3 Å². The van der Waals surface area contributed by atoms with Gasteiger partial charge in [0.1, 0.15) is 4.34 Å². The Morgan fingerprint density at radius 1 is 1.89 bits per heavy atom. The number of aromatic nitrogens is 1. The van der Waals surface area contributed by atoms with Crippen LogP contribution in [0.25, 0.3) is 0 Å². The first-order valence-electron chi connectivity index (χ1n) is 2.43. The standard InChI is InChI=1S/C5H6ClNOS/c1-8-3-4-2-5(6)9-7-4/h2H,3H2,1H3. The fourth-order valence-electron chi connectivity index (χ4n) is 0.502. The first-order chi connectivity index (χ1) is 4.33. The molecule has 0 atom stereocenters. The van der Waals surface area contributed by atoms with E-state index in [1.165, 1.54) is 11.5 Å².